The minimum Gasteiger partial charge on any atom is -0.308 e. The zero-order valence-electron chi connectivity index (χ0n) is 17.5. The quantitative estimate of drug-likeness (QED) is 0.279. The van der Waals surface area contributed by atoms with Gasteiger partial charge in [-0.1, -0.05) is 29.8 Å². The number of imide groups is 1. The van der Waals surface area contributed by atoms with E-state index in [4.69, 9.17) is 0 Å². The maximum atomic E-state index is 13.0. The Morgan fingerprint density at radius 2 is 1.73 bits per heavy atom. The van der Waals surface area contributed by atoms with Crippen molar-refractivity contribution in [2.75, 3.05) is 0 Å². The second-order valence-corrected chi connectivity index (χ2v) is 8.98. The molecule has 3 heterocycles. The van der Waals surface area contributed by atoms with E-state index in [1.165, 1.54) is 23.5 Å². The predicted molar refractivity (Wildman–Crippen MR) is 122 cm³/mol. The molecule has 0 saturated carbocycles. The number of non-ortho nitro benzene ring substituents is 1. The number of amides is 2. The lowest BCUT2D eigenvalue weighted by molar-refractivity contribution is -0.384. The van der Waals surface area contributed by atoms with Gasteiger partial charge in [0.15, 0.2) is 0 Å². The van der Waals surface area contributed by atoms with Crippen LogP contribution in [0.3, 0.4) is 0 Å². The van der Waals surface area contributed by atoms with Crippen molar-refractivity contribution < 1.29 is 14.5 Å². The molecule has 33 heavy (non-hydrogen) atoms. The van der Waals surface area contributed by atoms with E-state index in [1.807, 2.05) is 38.1 Å². The van der Waals surface area contributed by atoms with Crippen LogP contribution < -0.4 is 5.56 Å². The van der Waals surface area contributed by atoms with Crippen molar-refractivity contribution >= 4 is 39.1 Å². The number of aromatic nitrogens is 2. The first-order chi connectivity index (χ1) is 15.7. The summed E-state index contributed by atoms with van der Waals surface area (Å²) in [7, 11) is 0. The monoisotopic (exact) mass is 460 g/mol. The molecular formula is C23H16N4O5S. The molecule has 0 saturated heterocycles. The number of thiophene rings is 1. The number of fused-ring (bicyclic) bond motifs is 2. The number of benzene rings is 2. The molecule has 1 N–H and O–H groups in total. The first-order valence-electron chi connectivity index (χ1n) is 9.98. The van der Waals surface area contributed by atoms with Crippen molar-refractivity contribution in [3.63, 3.8) is 0 Å². The Kier molecular flexibility index (Phi) is 4.68. The van der Waals surface area contributed by atoms with Gasteiger partial charge in [0.05, 0.1) is 28.0 Å². The normalized spacial score (nSPS) is 13.1. The number of carbonyl (C=O) groups excluding carboxylic acids is 2. The van der Waals surface area contributed by atoms with E-state index in [0.717, 1.165) is 32.5 Å². The van der Waals surface area contributed by atoms with Crippen LogP contribution >= 0.6 is 11.3 Å². The number of rotatable bonds is 4. The Hall–Kier alpha value is -4.18. The Labute approximate surface area is 190 Å². The molecule has 1 aliphatic heterocycles. The van der Waals surface area contributed by atoms with E-state index in [1.54, 1.807) is 0 Å². The first kappa shape index (κ1) is 20.7. The third kappa shape index (κ3) is 3.31. The minimum atomic E-state index is -0.663. The van der Waals surface area contributed by atoms with Gasteiger partial charge in [0.1, 0.15) is 10.7 Å². The minimum absolute atomic E-state index is 0.0359. The van der Waals surface area contributed by atoms with E-state index in [2.05, 4.69) is 9.97 Å². The number of aryl methyl sites for hydroxylation is 2. The number of nitrogens with zero attached hydrogens (tertiary/aromatic N) is 3. The Bertz CT molecular complexity index is 1550. The van der Waals surface area contributed by atoms with Crippen LogP contribution in [0.15, 0.2) is 47.3 Å². The van der Waals surface area contributed by atoms with Gasteiger partial charge in [-0.05, 0) is 25.5 Å². The highest BCUT2D eigenvalue weighted by molar-refractivity contribution is 7.19. The molecule has 0 fully saturated rings. The SMILES string of the molecule is Cc1ccc(-c2c(C)sc3nc(CN4C(=O)c5ccc([N+](=O)[O-])cc5C4=O)[nH]c(=O)c23)cc1. The number of nitro groups is 1. The highest BCUT2D eigenvalue weighted by Gasteiger charge is 2.37. The molecule has 2 amide bonds. The standard InChI is InChI=1S/C23H16N4O5S/c1-11-3-5-13(6-4-11)18-12(2)33-21-19(18)20(28)24-17(25-21)10-26-22(29)15-8-7-14(27(31)32)9-16(15)23(26)30/h3-9H,10H2,1-2H3,(H,24,25,28). The van der Waals surface area contributed by atoms with E-state index < -0.39 is 16.7 Å². The molecular weight excluding hydrogens is 444 g/mol. The number of H-pyrrole nitrogens is 1. The summed E-state index contributed by atoms with van der Waals surface area (Å²) >= 11 is 1.36. The van der Waals surface area contributed by atoms with Crippen LogP contribution in [-0.2, 0) is 6.54 Å². The molecule has 0 aliphatic carbocycles. The van der Waals surface area contributed by atoms with E-state index in [0.29, 0.717) is 10.2 Å². The fourth-order valence-corrected chi connectivity index (χ4v) is 5.06. The lowest BCUT2D eigenvalue weighted by atomic mass is 10.0. The van der Waals surface area contributed by atoms with E-state index >= 15 is 0 Å². The summed E-state index contributed by atoms with van der Waals surface area (Å²) in [6, 6.07) is 11.4. The van der Waals surface area contributed by atoms with Crippen molar-refractivity contribution in [2.45, 2.75) is 20.4 Å². The summed E-state index contributed by atoms with van der Waals surface area (Å²) in [5.74, 6) is -1.09. The van der Waals surface area contributed by atoms with Crippen molar-refractivity contribution in [1.82, 2.24) is 14.9 Å². The fraction of sp³-hybridized carbons (Fsp3) is 0.130. The van der Waals surface area contributed by atoms with Gasteiger partial charge in [-0.25, -0.2) is 4.98 Å². The number of aromatic amines is 1. The molecule has 4 aromatic rings. The summed E-state index contributed by atoms with van der Waals surface area (Å²) in [6.07, 6.45) is 0. The molecule has 164 valence electrons. The van der Waals surface area contributed by atoms with Gasteiger partial charge in [0.2, 0.25) is 0 Å². The summed E-state index contributed by atoms with van der Waals surface area (Å²) in [4.78, 5) is 58.5. The summed E-state index contributed by atoms with van der Waals surface area (Å²) < 4.78 is 0. The molecule has 1 aliphatic rings. The van der Waals surface area contributed by atoms with E-state index in [-0.39, 0.29) is 34.7 Å². The van der Waals surface area contributed by atoms with Crippen LogP contribution in [0, 0.1) is 24.0 Å². The zero-order chi connectivity index (χ0) is 23.4. The lowest BCUT2D eigenvalue weighted by Crippen LogP contribution is -2.30. The number of nitrogens with one attached hydrogen (secondary N) is 1. The third-order valence-corrected chi connectivity index (χ3v) is 6.60. The van der Waals surface area contributed by atoms with Crippen LogP contribution in [0.4, 0.5) is 5.69 Å². The number of hydrogen-bond acceptors (Lipinski definition) is 7. The van der Waals surface area contributed by atoms with Gasteiger partial charge < -0.3 is 4.98 Å². The summed E-state index contributed by atoms with van der Waals surface area (Å²) in [5.41, 5.74) is 2.24. The molecule has 2 aromatic heterocycles. The number of nitro benzene ring substituents is 1. The molecule has 5 rings (SSSR count). The predicted octanol–water partition coefficient (Wildman–Crippen LogP) is 3.97. The molecule has 0 unspecified atom stereocenters. The molecule has 10 heteroatoms. The van der Waals surface area contributed by atoms with E-state index in [9.17, 15) is 24.5 Å². The Morgan fingerprint density at radius 1 is 1.03 bits per heavy atom. The van der Waals surface area contributed by atoms with Gasteiger partial charge in [-0.2, -0.15) is 0 Å². The Balaban J connectivity index is 1.52. The number of carbonyl (C=O) groups is 2. The molecule has 0 atom stereocenters. The second kappa shape index (κ2) is 7.45. The highest BCUT2D eigenvalue weighted by Crippen LogP contribution is 2.36. The van der Waals surface area contributed by atoms with Crippen LogP contribution in [0.5, 0.6) is 0 Å². The van der Waals surface area contributed by atoms with Crippen molar-refractivity contribution in [3.05, 3.63) is 90.3 Å². The first-order valence-corrected chi connectivity index (χ1v) is 10.8. The maximum Gasteiger partial charge on any atom is 0.270 e. The van der Waals surface area contributed by atoms with Gasteiger partial charge in [0, 0.05) is 22.6 Å². The van der Waals surface area contributed by atoms with Crippen molar-refractivity contribution in [2.24, 2.45) is 0 Å². The Morgan fingerprint density at radius 3 is 2.42 bits per heavy atom. The lowest BCUT2D eigenvalue weighted by Gasteiger charge is -2.12. The maximum absolute atomic E-state index is 13.0. The summed E-state index contributed by atoms with van der Waals surface area (Å²) in [5, 5.41) is 11.5. The topological polar surface area (TPSA) is 126 Å². The van der Waals surface area contributed by atoms with Gasteiger partial charge >= 0.3 is 0 Å². The molecule has 0 radical (unpaired) electrons. The number of hydrogen-bond donors (Lipinski definition) is 1. The van der Waals surface area contributed by atoms with Crippen LogP contribution in [0.25, 0.3) is 21.3 Å². The van der Waals surface area contributed by atoms with Crippen LogP contribution in [-0.4, -0.2) is 31.6 Å². The van der Waals surface area contributed by atoms with Crippen LogP contribution in [0.2, 0.25) is 0 Å². The van der Waals surface area contributed by atoms with Gasteiger partial charge in [-0.15, -0.1) is 11.3 Å². The highest BCUT2D eigenvalue weighted by atomic mass is 32.1. The average molecular weight is 460 g/mol. The summed E-state index contributed by atoms with van der Waals surface area (Å²) in [6.45, 7) is 3.65. The van der Waals surface area contributed by atoms with Crippen LogP contribution in [0.1, 0.15) is 37.0 Å². The third-order valence-electron chi connectivity index (χ3n) is 5.60. The van der Waals surface area contributed by atoms with Gasteiger partial charge in [-0.3, -0.25) is 29.4 Å². The smallest absolute Gasteiger partial charge is 0.270 e. The second-order valence-electron chi connectivity index (χ2n) is 7.78. The fourth-order valence-electron chi connectivity index (χ4n) is 3.99. The zero-order valence-corrected chi connectivity index (χ0v) is 18.4. The molecule has 9 nitrogen and oxygen atoms in total. The largest absolute Gasteiger partial charge is 0.308 e. The van der Waals surface area contributed by atoms with Gasteiger partial charge in [0.25, 0.3) is 23.1 Å². The van der Waals surface area contributed by atoms with Crippen molar-refractivity contribution in [1.29, 1.82) is 0 Å². The average Bonchev–Trinajstić information content (AvgIpc) is 3.23. The molecule has 0 bridgehead atoms. The van der Waals surface area contributed by atoms with Crippen molar-refractivity contribution in [3.8, 4) is 11.1 Å². The molecule has 2 aromatic carbocycles. The molecule has 0 spiro atoms.